The van der Waals surface area contributed by atoms with Gasteiger partial charge in [0.1, 0.15) is 5.00 Å². The van der Waals surface area contributed by atoms with E-state index in [1.165, 1.54) is 34.9 Å². The molecule has 4 aromatic rings. The number of anilines is 2. The molecule has 14 heteroatoms. The Hall–Kier alpha value is -4.89. The summed E-state index contributed by atoms with van der Waals surface area (Å²) < 4.78 is 38.9. The van der Waals surface area contributed by atoms with Gasteiger partial charge in [-0.25, -0.2) is 13.2 Å². The average Bonchev–Trinajstić information content (AvgIpc) is 3.89. The maximum absolute atomic E-state index is 13.9. The summed E-state index contributed by atoms with van der Waals surface area (Å²) in [6.45, 7) is 4.24. The second-order valence-electron chi connectivity index (χ2n) is 14.6. The largest absolute Gasteiger partial charge is 0.465 e. The van der Waals surface area contributed by atoms with Crippen LogP contribution in [0.2, 0.25) is 0 Å². The predicted octanol–water partition coefficient (Wildman–Crippen LogP) is 5.82. The van der Waals surface area contributed by atoms with Crippen LogP contribution in [0.4, 0.5) is 10.7 Å². The molecule has 3 heterocycles. The smallest absolute Gasteiger partial charge is 0.337 e. The monoisotopic (exact) mass is 798 g/mol. The first-order valence-corrected chi connectivity index (χ1v) is 21.3. The zero-order valence-electron chi connectivity index (χ0n) is 31.5. The first kappa shape index (κ1) is 39.3. The minimum Gasteiger partial charge on any atom is -0.465 e. The van der Waals surface area contributed by atoms with Gasteiger partial charge in [0.15, 0.2) is 0 Å². The van der Waals surface area contributed by atoms with Gasteiger partial charge >= 0.3 is 11.9 Å². The normalized spacial score (nSPS) is 18.2. The first-order valence-electron chi connectivity index (χ1n) is 19.0. The summed E-state index contributed by atoms with van der Waals surface area (Å²) >= 11 is 1.40. The van der Waals surface area contributed by atoms with E-state index in [0.717, 1.165) is 60.1 Å². The van der Waals surface area contributed by atoms with Crippen molar-refractivity contribution in [1.29, 1.82) is 0 Å². The Balaban J connectivity index is 0.997. The van der Waals surface area contributed by atoms with Crippen molar-refractivity contribution in [3.05, 3.63) is 111 Å². The van der Waals surface area contributed by atoms with Gasteiger partial charge in [-0.15, -0.1) is 11.3 Å². The molecule has 12 nitrogen and oxygen atoms in total. The summed E-state index contributed by atoms with van der Waals surface area (Å²) in [5.74, 6) is -1.22. The number of carbonyl (C=O) groups excluding carboxylic acids is 4. The van der Waals surface area contributed by atoms with Crippen LogP contribution < -0.4 is 10.6 Å². The summed E-state index contributed by atoms with van der Waals surface area (Å²) in [7, 11) is -2.52. The molecule has 0 saturated carbocycles. The van der Waals surface area contributed by atoms with Gasteiger partial charge in [0, 0.05) is 42.3 Å². The average molecular weight is 799 g/mol. The fourth-order valence-corrected chi connectivity index (χ4v) is 10.8. The van der Waals surface area contributed by atoms with Crippen molar-refractivity contribution in [3.8, 4) is 0 Å². The van der Waals surface area contributed by atoms with Gasteiger partial charge in [-0.3, -0.25) is 19.3 Å². The Morgan fingerprint density at radius 2 is 1.46 bits per heavy atom. The van der Waals surface area contributed by atoms with Crippen LogP contribution in [0.1, 0.15) is 72.4 Å². The zero-order valence-corrected chi connectivity index (χ0v) is 33.2. The van der Waals surface area contributed by atoms with Crippen molar-refractivity contribution in [2.45, 2.75) is 50.3 Å². The fraction of sp³-hybridized carbons (Fsp3) is 0.381. The number of rotatable bonds is 13. The zero-order chi connectivity index (χ0) is 39.4. The molecule has 2 aliphatic heterocycles. The molecule has 294 valence electrons. The molecule has 2 unspecified atom stereocenters. The molecule has 0 radical (unpaired) electrons. The summed E-state index contributed by atoms with van der Waals surface area (Å²) in [5, 5.41) is 6.43. The van der Waals surface area contributed by atoms with E-state index in [1.54, 1.807) is 31.2 Å². The number of benzene rings is 3. The SMILES string of the molecule is CCOC(=O)CN1CC2CN(S(=O)(=O)c3cccc(C(=O)Nc4sc5c(c4C(=O)Nc4ccc(CCc6ccc(C(=O)OC)cc6)cc4)CCCC5)c3)CC2C1. The third-order valence-corrected chi connectivity index (χ3v) is 13.9. The lowest BCUT2D eigenvalue weighted by atomic mass is 9.95. The highest BCUT2D eigenvalue weighted by molar-refractivity contribution is 7.89. The molecule has 1 aliphatic carbocycles. The van der Waals surface area contributed by atoms with Crippen LogP contribution in [0.15, 0.2) is 77.7 Å². The maximum atomic E-state index is 13.9. The number of aryl methyl sites for hydroxylation is 3. The number of esters is 2. The van der Waals surface area contributed by atoms with E-state index in [9.17, 15) is 27.6 Å². The summed E-state index contributed by atoms with van der Waals surface area (Å²) in [5.41, 5.74) is 4.89. The number of thiophene rings is 1. The van der Waals surface area contributed by atoms with Gasteiger partial charge in [-0.2, -0.15) is 4.31 Å². The van der Waals surface area contributed by atoms with Crippen molar-refractivity contribution in [3.63, 3.8) is 0 Å². The minimum atomic E-state index is -3.88. The van der Waals surface area contributed by atoms with Crippen LogP contribution in [0.3, 0.4) is 0 Å². The number of carbonyl (C=O) groups is 4. The van der Waals surface area contributed by atoms with Gasteiger partial charge in [-0.05, 0) is 116 Å². The highest BCUT2D eigenvalue weighted by atomic mass is 32.2. The van der Waals surface area contributed by atoms with Crippen LogP contribution in [0.5, 0.6) is 0 Å². The van der Waals surface area contributed by atoms with E-state index in [2.05, 4.69) is 10.6 Å². The lowest BCUT2D eigenvalue weighted by Crippen LogP contribution is -2.35. The van der Waals surface area contributed by atoms with Crippen molar-refractivity contribution in [2.75, 3.05) is 57.1 Å². The molecule has 2 fully saturated rings. The third kappa shape index (κ3) is 8.73. The third-order valence-electron chi connectivity index (χ3n) is 10.8. The van der Waals surface area contributed by atoms with Gasteiger partial charge < -0.3 is 20.1 Å². The first-order chi connectivity index (χ1) is 27.0. The van der Waals surface area contributed by atoms with E-state index in [0.29, 0.717) is 54.6 Å². The van der Waals surface area contributed by atoms with Gasteiger partial charge in [-0.1, -0.05) is 30.3 Å². The lowest BCUT2D eigenvalue weighted by Gasteiger charge is -2.21. The molecular formula is C42H46N4O8S2. The predicted molar refractivity (Wildman–Crippen MR) is 214 cm³/mol. The molecule has 3 aliphatic rings. The Labute approximate surface area is 331 Å². The van der Waals surface area contributed by atoms with Crippen LogP contribution in [-0.4, -0.2) is 87.8 Å². The number of nitrogens with zero attached hydrogens (tertiary/aromatic N) is 2. The van der Waals surface area contributed by atoms with Gasteiger partial charge in [0.2, 0.25) is 10.0 Å². The van der Waals surface area contributed by atoms with Crippen molar-refractivity contribution in [1.82, 2.24) is 9.21 Å². The molecule has 0 spiro atoms. The van der Waals surface area contributed by atoms with Crippen LogP contribution in [0, 0.1) is 11.8 Å². The lowest BCUT2D eigenvalue weighted by molar-refractivity contribution is -0.144. The topological polar surface area (TPSA) is 151 Å². The summed E-state index contributed by atoms with van der Waals surface area (Å²) in [4.78, 5) is 54.5. The quantitative estimate of drug-likeness (QED) is 0.160. The molecule has 3 aromatic carbocycles. The van der Waals surface area contributed by atoms with Crippen molar-refractivity contribution in [2.24, 2.45) is 11.8 Å². The second-order valence-corrected chi connectivity index (χ2v) is 17.6. The molecule has 0 bridgehead atoms. The highest BCUT2D eigenvalue weighted by Gasteiger charge is 2.44. The number of likely N-dealkylation sites (tertiary alicyclic amines) is 1. The molecule has 1 aromatic heterocycles. The Bertz CT molecular complexity index is 2210. The molecule has 2 saturated heterocycles. The molecule has 2 amide bonds. The van der Waals surface area contributed by atoms with Crippen LogP contribution >= 0.6 is 11.3 Å². The van der Waals surface area contributed by atoms with E-state index >= 15 is 0 Å². The highest BCUT2D eigenvalue weighted by Crippen LogP contribution is 2.39. The van der Waals surface area contributed by atoms with Crippen LogP contribution in [0.25, 0.3) is 0 Å². The van der Waals surface area contributed by atoms with E-state index in [4.69, 9.17) is 9.47 Å². The molecular weight excluding hydrogens is 753 g/mol. The summed E-state index contributed by atoms with van der Waals surface area (Å²) in [6, 6.07) is 21.1. The molecule has 7 rings (SSSR count). The van der Waals surface area contributed by atoms with Gasteiger partial charge in [0.25, 0.3) is 11.8 Å². The summed E-state index contributed by atoms with van der Waals surface area (Å²) in [6.07, 6.45) is 5.06. The second kappa shape index (κ2) is 17.1. The Morgan fingerprint density at radius 3 is 2.12 bits per heavy atom. The number of amides is 2. The standard InChI is InChI=1S/C42H46N4O8S2/c1-3-54-37(47)26-45-22-31-24-46(25-32(31)23-45)56(51,52)34-8-6-7-30(21-34)39(48)44-41-38(35-9-4-5-10-36(35)55-41)40(49)43-33-19-15-28(16-20-33)12-11-27-13-17-29(18-14-27)42(50)53-2/h6-8,13-21,31-32H,3-5,9-12,22-26H2,1-2H3,(H,43,49)(H,44,48). The maximum Gasteiger partial charge on any atom is 0.337 e. The number of ether oxygens (including phenoxy) is 2. The Kier molecular flexibility index (Phi) is 12.0. The number of methoxy groups -OCH3 is 1. The van der Waals surface area contributed by atoms with E-state index in [-0.39, 0.29) is 46.7 Å². The number of nitrogens with one attached hydrogen (secondary N) is 2. The molecule has 2 N–H and O–H groups in total. The fourth-order valence-electron chi connectivity index (χ4n) is 7.94. The number of hydrogen-bond donors (Lipinski definition) is 2. The molecule has 56 heavy (non-hydrogen) atoms. The van der Waals surface area contributed by atoms with E-state index in [1.807, 2.05) is 41.3 Å². The number of sulfonamides is 1. The van der Waals surface area contributed by atoms with Crippen molar-refractivity contribution >= 4 is 55.8 Å². The number of fused-ring (bicyclic) bond motifs is 2. The van der Waals surface area contributed by atoms with E-state index < -0.39 is 15.9 Å². The number of hydrogen-bond acceptors (Lipinski definition) is 10. The minimum absolute atomic E-state index is 0.0388. The molecule has 2 atom stereocenters. The van der Waals surface area contributed by atoms with Crippen molar-refractivity contribution < 1.29 is 37.1 Å². The Morgan fingerprint density at radius 1 is 0.804 bits per heavy atom. The van der Waals surface area contributed by atoms with Crippen LogP contribution in [-0.2, 0) is 50.0 Å². The van der Waals surface area contributed by atoms with Gasteiger partial charge in [0.05, 0.1) is 36.3 Å².